The highest BCUT2D eigenvalue weighted by molar-refractivity contribution is 7.48. The molecule has 2 saturated heterocycles. The molecule has 12 atom stereocenters. The lowest BCUT2D eigenvalue weighted by Crippen LogP contribution is -2.67. The van der Waals surface area contributed by atoms with Crippen molar-refractivity contribution in [1.82, 2.24) is 5.32 Å². The van der Waals surface area contributed by atoms with Gasteiger partial charge in [-0.3, -0.25) is 18.4 Å². The molecule has 2 heterocycles. The molecule has 2 aliphatic rings. The fourth-order valence-corrected chi connectivity index (χ4v) is 13.7. The number of nitrogens with one attached hydrogen (secondary N) is 1. The first-order valence-electron chi connectivity index (χ1n) is 39.6. The van der Waals surface area contributed by atoms with E-state index in [1.807, 2.05) is 0 Å². The molecule has 2 fully saturated rings. The summed E-state index contributed by atoms with van der Waals surface area (Å²) in [6.07, 6.45) is 41.8. The van der Waals surface area contributed by atoms with E-state index in [9.17, 15) is 25.7 Å². The molecule has 97 heavy (non-hydrogen) atoms. The van der Waals surface area contributed by atoms with Crippen LogP contribution in [0.5, 0.6) is 0 Å². The first kappa shape index (κ1) is 88.8. The molecule has 2 aliphatic heterocycles. The van der Waals surface area contributed by atoms with E-state index in [0.29, 0.717) is 25.7 Å². The molecule has 0 spiro atoms. The second-order valence-electron chi connectivity index (χ2n) is 26.9. The van der Waals surface area contributed by atoms with Crippen molar-refractivity contribution < 1.29 is 81.9 Å². The van der Waals surface area contributed by atoms with Crippen molar-refractivity contribution in [3.63, 3.8) is 0 Å². The van der Waals surface area contributed by atoms with Gasteiger partial charge in [0.05, 0.1) is 33.9 Å². The predicted octanol–water partition coefficient (Wildman–Crippen LogP) is 18.5. The van der Waals surface area contributed by atoms with E-state index in [1.165, 1.54) is 134 Å². The Balaban J connectivity index is 2.59. The van der Waals surface area contributed by atoms with Gasteiger partial charge in [0.25, 0.3) is 0 Å². The Morgan fingerprint density at radius 1 is 0.515 bits per heavy atom. The van der Waals surface area contributed by atoms with Gasteiger partial charge in [-0.15, -0.1) is 13.2 Å². The van der Waals surface area contributed by atoms with E-state index in [1.54, 1.807) is 0 Å². The Bertz CT molecular complexity index is 1980. The van der Waals surface area contributed by atoms with Gasteiger partial charge in [-0.05, 0) is 57.8 Å². The number of ether oxygens (including phenoxy) is 9. The van der Waals surface area contributed by atoms with Crippen molar-refractivity contribution in [3.8, 4) is 0 Å². The van der Waals surface area contributed by atoms with Crippen molar-refractivity contribution >= 4 is 19.7 Å². The Morgan fingerprint density at radius 2 is 0.990 bits per heavy atom. The van der Waals surface area contributed by atoms with E-state index in [4.69, 9.17) is 56.2 Å². The number of hydrogen-bond acceptors (Lipinski definition) is 17. The van der Waals surface area contributed by atoms with Gasteiger partial charge >= 0.3 is 13.8 Å². The van der Waals surface area contributed by atoms with Gasteiger partial charge in [0.1, 0.15) is 62.0 Å². The van der Waals surface area contributed by atoms with Crippen LogP contribution in [0.15, 0.2) is 50.1 Å². The van der Waals surface area contributed by atoms with Crippen LogP contribution in [-0.2, 0) is 70.4 Å². The fourth-order valence-electron chi connectivity index (χ4n) is 12.4. The number of allylic oxidation sites excluding steroid dienone is 2. The third kappa shape index (κ3) is 45.4. The SMILES string of the molecule is [2H]C(CCCCCCCCCCCCC)O[C@H]1C(OCC(=O)OCC=C)O[C@H](CO[C@@H]2O[C@H](COC)[C@@H](OP(=O)(OCC=C)OCC=C)[C@H](OCC[C@H](O)CCCCCCC)[C@H]2NC(=O)CCCCCCCCC/C=C\CCCCCC)[C@@H](O)[C@@H]1OCCCCCCCCCCCC. The largest absolute Gasteiger partial charge is 0.475 e. The number of carbonyl (C=O) groups is 2. The van der Waals surface area contributed by atoms with Crippen LogP contribution in [0.3, 0.4) is 0 Å². The number of phosphoric ester groups is 1. The molecule has 0 aromatic rings. The third-order valence-corrected chi connectivity index (χ3v) is 19.5. The standard InChI is InChI=1S/C78H144NO17P/c1-9-16-20-24-27-30-33-35-36-37-38-40-43-47-51-55-69(81)79-71-74(89-62-56-66(80)54-50-46-23-19-12-4)73(96-97(84,92-58-14-6)93-59-15-7)68(63-85-8)95-77(71)90-64-67-72(83)75(87-60-52-48-44-41-32-29-26-22-18-11-3)76(78(94-67)91-65-70(82)86-57-13-5)88-61-53-49-45-42-39-34-31-28-25-21-17-10-2/h13-15,30,33,66-68,71-78,80,83H,5-7,9-12,16-29,31-32,34-65H2,1-4,8H3,(H,79,81)/b33-30-/t66-,67-,68-,71-,72-,73-,74-,75+,76-,77-,78?/m1/s1/i61D/t61?,66-,67-,68-,71-,72-,73-,74-,75+,76-,77-,78?. The molecule has 0 bridgehead atoms. The number of esters is 1. The lowest BCUT2D eigenvalue weighted by Gasteiger charge is -2.47. The minimum Gasteiger partial charge on any atom is -0.460 e. The first-order chi connectivity index (χ1) is 47.8. The zero-order chi connectivity index (χ0) is 71.4. The van der Waals surface area contributed by atoms with Gasteiger partial charge in [-0.2, -0.15) is 0 Å². The summed E-state index contributed by atoms with van der Waals surface area (Å²) in [5.74, 6) is -1.01. The first-order valence-corrected chi connectivity index (χ1v) is 40.5. The van der Waals surface area contributed by atoms with Crippen molar-refractivity contribution in [2.75, 3.05) is 66.5 Å². The number of amides is 1. The topological polar surface area (TPSA) is 214 Å². The van der Waals surface area contributed by atoms with Crippen LogP contribution in [0, 0.1) is 0 Å². The van der Waals surface area contributed by atoms with Crippen LogP contribution in [0.1, 0.15) is 305 Å². The quantitative estimate of drug-likeness (QED) is 0.0223. The van der Waals surface area contributed by atoms with Gasteiger partial charge < -0.3 is 58.2 Å². The van der Waals surface area contributed by atoms with Crippen LogP contribution in [0.4, 0.5) is 0 Å². The Morgan fingerprint density at radius 3 is 1.53 bits per heavy atom. The van der Waals surface area contributed by atoms with Crippen molar-refractivity contribution in [3.05, 3.63) is 50.1 Å². The average molecular weight is 1400 g/mol. The smallest absolute Gasteiger partial charge is 0.460 e. The summed E-state index contributed by atoms with van der Waals surface area (Å²) in [5.41, 5.74) is 0. The molecule has 19 heteroatoms. The van der Waals surface area contributed by atoms with E-state index < -0.39 is 94.4 Å². The molecule has 0 aliphatic carbocycles. The molecule has 2 rings (SSSR count). The number of unbranched alkanes of at least 4 members (excludes halogenated alkanes) is 34. The summed E-state index contributed by atoms with van der Waals surface area (Å²) in [7, 11) is -3.00. The Hall–Kier alpha value is -2.39. The Kier molecular flexibility index (Phi) is 58.0. The maximum absolute atomic E-state index is 14.7. The minimum atomic E-state index is -4.47. The highest BCUT2D eigenvalue weighted by Gasteiger charge is 2.53. The van der Waals surface area contributed by atoms with Crippen LogP contribution < -0.4 is 5.32 Å². The zero-order valence-electron chi connectivity index (χ0n) is 63.0. The second kappa shape index (κ2) is 63.3. The van der Waals surface area contributed by atoms with E-state index in [-0.39, 0.29) is 65.0 Å². The molecule has 0 aromatic heterocycles. The number of hydrogen-bond donors (Lipinski definition) is 3. The summed E-state index contributed by atoms with van der Waals surface area (Å²) < 4.78 is 99.2. The summed E-state index contributed by atoms with van der Waals surface area (Å²) in [6.45, 7) is 17.7. The number of aliphatic hydroxyl groups is 2. The van der Waals surface area contributed by atoms with Gasteiger partial charge in [0, 0.05) is 33.3 Å². The summed E-state index contributed by atoms with van der Waals surface area (Å²) in [4.78, 5) is 27.6. The number of phosphoric acid groups is 1. The summed E-state index contributed by atoms with van der Waals surface area (Å²) in [6, 6.07) is -1.18. The van der Waals surface area contributed by atoms with E-state index in [2.05, 4.69) is 64.9 Å². The molecule has 0 aromatic carbocycles. The van der Waals surface area contributed by atoms with Crippen molar-refractivity contribution in [2.24, 2.45) is 0 Å². The number of aliphatic hydroxyl groups excluding tert-OH is 2. The Labute approximate surface area is 592 Å². The van der Waals surface area contributed by atoms with Crippen molar-refractivity contribution in [1.29, 1.82) is 0 Å². The van der Waals surface area contributed by atoms with Gasteiger partial charge in [0.2, 0.25) is 5.91 Å². The average Bonchev–Trinajstić information content (AvgIpc) is 0.787. The molecule has 0 saturated carbocycles. The highest BCUT2D eigenvalue weighted by Crippen LogP contribution is 2.52. The minimum absolute atomic E-state index is 0.00544. The lowest BCUT2D eigenvalue weighted by molar-refractivity contribution is -0.330. The van der Waals surface area contributed by atoms with Crippen LogP contribution in [0.25, 0.3) is 0 Å². The second-order valence-corrected chi connectivity index (χ2v) is 28.5. The molecule has 1 amide bonds. The molecule has 18 nitrogen and oxygen atoms in total. The number of carbonyl (C=O) groups excluding carboxylic acids is 2. The third-order valence-electron chi connectivity index (χ3n) is 18.1. The molecule has 3 N–H and O–H groups in total. The van der Waals surface area contributed by atoms with E-state index in [0.717, 1.165) is 128 Å². The van der Waals surface area contributed by atoms with Crippen LogP contribution >= 0.6 is 7.82 Å². The molecule has 568 valence electrons. The van der Waals surface area contributed by atoms with Crippen LogP contribution in [0.2, 0.25) is 0 Å². The normalized spacial score (nSPS) is 22.2. The number of methoxy groups -OCH3 is 1. The van der Waals surface area contributed by atoms with Crippen LogP contribution in [-0.4, -0.2) is 156 Å². The zero-order valence-corrected chi connectivity index (χ0v) is 62.9. The summed E-state index contributed by atoms with van der Waals surface area (Å²) in [5, 5.41) is 27.1. The maximum atomic E-state index is 14.7. The molecule has 2 unspecified atom stereocenters. The molecular formula is C78H144NO17P. The number of rotatable bonds is 70. The van der Waals surface area contributed by atoms with Crippen molar-refractivity contribution in [2.45, 2.75) is 371 Å². The molecular weight excluding hydrogens is 1250 g/mol. The van der Waals surface area contributed by atoms with E-state index >= 15 is 0 Å². The lowest BCUT2D eigenvalue weighted by atomic mass is 9.95. The van der Waals surface area contributed by atoms with Gasteiger partial charge in [-0.25, -0.2) is 9.36 Å². The highest BCUT2D eigenvalue weighted by atomic mass is 31.2. The van der Waals surface area contributed by atoms with Gasteiger partial charge in [-0.1, -0.05) is 277 Å². The maximum Gasteiger partial charge on any atom is 0.475 e. The monoisotopic (exact) mass is 1400 g/mol. The van der Waals surface area contributed by atoms with Gasteiger partial charge in [0.15, 0.2) is 12.6 Å². The fraction of sp³-hybridized carbons (Fsp3) is 0.872. The molecule has 0 radical (unpaired) electrons. The predicted molar refractivity (Wildman–Crippen MR) is 391 cm³/mol. The summed E-state index contributed by atoms with van der Waals surface area (Å²) >= 11 is 0.